The molecule has 0 aliphatic carbocycles. The van der Waals surface area contributed by atoms with Gasteiger partial charge in [0.1, 0.15) is 18.0 Å². The Bertz CT molecular complexity index is 828. The molecule has 2 heterocycles. The molecule has 3 rings (SSSR count). The largest absolute Gasteiger partial charge is 0.383 e. The molecule has 0 saturated heterocycles. The molecule has 8 heteroatoms. The molecule has 2 N–H and O–H groups in total. The number of nitrogens with two attached hydrogens (primary N) is 1. The van der Waals surface area contributed by atoms with Crippen LogP contribution in [0, 0.1) is 24.4 Å². The number of nitrogen functional groups attached to an aromatic ring is 1. The minimum Gasteiger partial charge on any atom is -0.383 e. The minimum absolute atomic E-state index is 0.0440. The van der Waals surface area contributed by atoms with Crippen LogP contribution in [0.1, 0.15) is 5.69 Å². The van der Waals surface area contributed by atoms with Crippen LogP contribution in [0.25, 0.3) is 16.9 Å². The van der Waals surface area contributed by atoms with Gasteiger partial charge in [-0.1, -0.05) is 0 Å². The third kappa shape index (κ3) is 1.61. The normalized spacial score (nSPS) is 11.2. The zero-order chi connectivity index (χ0) is 14.4. The molecule has 102 valence electrons. The highest BCUT2D eigenvalue weighted by Crippen LogP contribution is 2.33. The summed E-state index contributed by atoms with van der Waals surface area (Å²) >= 11 is 0. The molecule has 0 saturated carbocycles. The molecule has 1 aromatic carbocycles. The third-order valence-corrected chi connectivity index (χ3v) is 2.94. The van der Waals surface area contributed by atoms with Gasteiger partial charge in [-0.15, -0.1) is 0 Å². The first-order valence-corrected chi connectivity index (χ1v) is 5.60. The maximum Gasteiger partial charge on any atom is 0.254 e. The number of halogens is 3. The van der Waals surface area contributed by atoms with E-state index in [-0.39, 0.29) is 22.9 Å². The van der Waals surface area contributed by atoms with Crippen molar-refractivity contribution in [3.63, 3.8) is 0 Å². The first-order chi connectivity index (χ1) is 9.50. The topological polar surface area (TPSA) is 69.1 Å². The van der Waals surface area contributed by atoms with Gasteiger partial charge in [0.2, 0.25) is 0 Å². The maximum absolute atomic E-state index is 13.9. The zero-order valence-electron chi connectivity index (χ0n) is 10.2. The van der Waals surface area contributed by atoms with Crippen molar-refractivity contribution in [2.75, 3.05) is 5.73 Å². The number of rotatable bonds is 1. The monoisotopic (exact) mass is 279 g/mol. The zero-order valence-corrected chi connectivity index (χ0v) is 10.2. The summed E-state index contributed by atoms with van der Waals surface area (Å²) in [5, 5.41) is 3.81. The molecule has 0 aliphatic heterocycles. The average molecular weight is 279 g/mol. The van der Waals surface area contributed by atoms with Gasteiger partial charge < -0.3 is 5.73 Å². The molecule has 2 aromatic heterocycles. The lowest BCUT2D eigenvalue weighted by Crippen LogP contribution is -2.08. The van der Waals surface area contributed by atoms with Gasteiger partial charge in [-0.3, -0.25) is 0 Å². The molecular formula is C12H8F3N5. The van der Waals surface area contributed by atoms with Crippen molar-refractivity contribution in [2.24, 2.45) is 0 Å². The van der Waals surface area contributed by atoms with Crippen LogP contribution in [-0.2, 0) is 0 Å². The van der Waals surface area contributed by atoms with E-state index in [2.05, 4.69) is 15.1 Å². The van der Waals surface area contributed by atoms with Crippen LogP contribution in [0.5, 0.6) is 0 Å². The minimum atomic E-state index is -1.32. The Balaban J connectivity index is 2.43. The van der Waals surface area contributed by atoms with Crippen molar-refractivity contribution in [2.45, 2.75) is 6.92 Å². The van der Waals surface area contributed by atoms with E-state index in [1.165, 1.54) is 13.3 Å². The molecule has 20 heavy (non-hydrogen) atoms. The summed E-state index contributed by atoms with van der Waals surface area (Å²) in [5.41, 5.74) is 5.47. The standard InChI is InChI=1S/C12H8F3N5/c1-5-8(9-6(13)2-3-7(14)10(9)15)11(16)20-12(19-5)17-4-18-20/h2-4H,16H2,1H3. The van der Waals surface area contributed by atoms with Crippen LogP contribution in [-0.4, -0.2) is 19.6 Å². The van der Waals surface area contributed by atoms with E-state index in [1.54, 1.807) is 0 Å². The first kappa shape index (κ1) is 12.4. The number of aromatic nitrogens is 4. The molecule has 0 radical (unpaired) electrons. The van der Waals surface area contributed by atoms with Crippen LogP contribution in [0.4, 0.5) is 19.0 Å². The van der Waals surface area contributed by atoms with Crippen molar-refractivity contribution < 1.29 is 13.2 Å². The average Bonchev–Trinajstić information content (AvgIpc) is 2.86. The van der Waals surface area contributed by atoms with Gasteiger partial charge in [0.25, 0.3) is 5.78 Å². The molecule has 0 bridgehead atoms. The number of nitrogens with zero attached hydrogens (tertiary/aromatic N) is 4. The highest BCUT2D eigenvalue weighted by molar-refractivity contribution is 5.78. The summed E-state index contributed by atoms with van der Waals surface area (Å²) in [6, 6.07) is 1.54. The van der Waals surface area contributed by atoms with Crippen molar-refractivity contribution >= 4 is 11.6 Å². The quantitative estimate of drug-likeness (QED) is 0.692. The third-order valence-electron chi connectivity index (χ3n) is 2.94. The van der Waals surface area contributed by atoms with E-state index in [1.807, 2.05) is 0 Å². The van der Waals surface area contributed by atoms with E-state index in [9.17, 15) is 13.2 Å². The van der Waals surface area contributed by atoms with Crippen LogP contribution in [0.15, 0.2) is 18.5 Å². The summed E-state index contributed by atoms with van der Waals surface area (Å²) in [6.45, 7) is 1.50. The molecule has 0 amide bonds. The predicted octanol–water partition coefficient (Wildman–Crippen LogP) is 2.10. The molecule has 0 fully saturated rings. The highest BCUT2D eigenvalue weighted by atomic mass is 19.2. The van der Waals surface area contributed by atoms with Crippen LogP contribution < -0.4 is 5.73 Å². The summed E-state index contributed by atoms with van der Waals surface area (Å²) in [6.07, 6.45) is 1.21. The molecule has 0 unspecified atom stereocenters. The Morgan fingerprint density at radius 1 is 1.10 bits per heavy atom. The molecule has 0 spiro atoms. The van der Waals surface area contributed by atoms with Gasteiger partial charge in [-0.25, -0.2) is 18.2 Å². The Morgan fingerprint density at radius 3 is 2.55 bits per heavy atom. The first-order valence-electron chi connectivity index (χ1n) is 5.60. The van der Waals surface area contributed by atoms with E-state index in [4.69, 9.17) is 5.73 Å². The number of benzene rings is 1. The number of fused-ring (bicyclic) bond motifs is 1. The lowest BCUT2D eigenvalue weighted by atomic mass is 10.0. The van der Waals surface area contributed by atoms with Gasteiger partial charge in [-0.2, -0.15) is 14.6 Å². The van der Waals surface area contributed by atoms with E-state index >= 15 is 0 Å². The fourth-order valence-corrected chi connectivity index (χ4v) is 2.04. The van der Waals surface area contributed by atoms with E-state index in [0.29, 0.717) is 6.07 Å². The Hall–Kier alpha value is -2.64. The number of anilines is 1. The van der Waals surface area contributed by atoms with Gasteiger partial charge in [0, 0.05) is 0 Å². The molecule has 0 atom stereocenters. The molecule has 0 aliphatic rings. The van der Waals surface area contributed by atoms with Crippen molar-refractivity contribution in [1.82, 2.24) is 19.6 Å². The second-order valence-electron chi connectivity index (χ2n) is 4.15. The summed E-state index contributed by atoms with van der Waals surface area (Å²) in [4.78, 5) is 7.88. The predicted molar refractivity (Wildman–Crippen MR) is 65.2 cm³/mol. The number of hydrogen-bond acceptors (Lipinski definition) is 4. The summed E-state index contributed by atoms with van der Waals surface area (Å²) < 4.78 is 42.2. The van der Waals surface area contributed by atoms with Gasteiger partial charge in [-0.05, 0) is 19.1 Å². The fraction of sp³-hybridized carbons (Fsp3) is 0.0833. The number of aryl methyl sites for hydroxylation is 1. The van der Waals surface area contributed by atoms with Crippen LogP contribution in [0.2, 0.25) is 0 Å². The molecule has 3 aromatic rings. The highest BCUT2D eigenvalue weighted by Gasteiger charge is 2.22. The van der Waals surface area contributed by atoms with Gasteiger partial charge >= 0.3 is 0 Å². The number of hydrogen-bond donors (Lipinski definition) is 1. The van der Waals surface area contributed by atoms with Gasteiger partial charge in [0.05, 0.1) is 16.8 Å². The summed E-state index contributed by atoms with van der Waals surface area (Å²) in [7, 11) is 0. The fourth-order valence-electron chi connectivity index (χ4n) is 2.04. The van der Waals surface area contributed by atoms with Crippen LogP contribution >= 0.6 is 0 Å². The van der Waals surface area contributed by atoms with E-state index in [0.717, 1.165) is 10.6 Å². The second kappa shape index (κ2) is 4.19. The summed E-state index contributed by atoms with van der Waals surface area (Å²) in [5.74, 6) is -3.28. The maximum atomic E-state index is 13.9. The van der Waals surface area contributed by atoms with Crippen molar-refractivity contribution in [3.05, 3.63) is 41.6 Å². The van der Waals surface area contributed by atoms with Gasteiger partial charge in [0.15, 0.2) is 11.6 Å². The smallest absolute Gasteiger partial charge is 0.254 e. The molecule has 5 nitrogen and oxygen atoms in total. The SMILES string of the molecule is Cc1nc2ncnn2c(N)c1-c1c(F)ccc(F)c1F. The van der Waals surface area contributed by atoms with Crippen LogP contribution in [0.3, 0.4) is 0 Å². The lowest BCUT2D eigenvalue weighted by molar-refractivity contribution is 0.499. The lowest BCUT2D eigenvalue weighted by Gasteiger charge is -2.12. The van der Waals surface area contributed by atoms with Crippen molar-refractivity contribution in [3.8, 4) is 11.1 Å². The van der Waals surface area contributed by atoms with E-state index < -0.39 is 23.0 Å². The second-order valence-corrected chi connectivity index (χ2v) is 4.15. The Kier molecular flexibility index (Phi) is 2.60. The molecular weight excluding hydrogens is 271 g/mol. The Morgan fingerprint density at radius 2 is 1.80 bits per heavy atom. The van der Waals surface area contributed by atoms with Crippen molar-refractivity contribution in [1.29, 1.82) is 0 Å². The Labute approximate surface area is 110 Å².